The van der Waals surface area contributed by atoms with E-state index in [2.05, 4.69) is 21.4 Å². The standard InChI is InChI=1S/C16H17BrN2O2/c1-10-6-14(7-11(2)15(10)17)21-9-12-4-3-5-13(8-12)16(20)19-18/h3-8H,9,18H2,1-2H3,(H,19,20). The third kappa shape index (κ3) is 3.83. The summed E-state index contributed by atoms with van der Waals surface area (Å²) in [4.78, 5) is 11.5. The van der Waals surface area contributed by atoms with E-state index in [1.54, 1.807) is 18.2 Å². The Morgan fingerprint density at radius 1 is 1.24 bits per heavy atom. The molecular formula is C16H17BrN2O2. The first-order valence-corrected chi connectivity index (χ1v) is 7.30. The van der Waals surface area contributed by atoms with Gasteiger partial charge in [0.2, 0.25) is 0 Å². The van der Waals surface area contributed by atoms with Crippen molar-refractivity contribution < 1.29 is 9.53 Å². The van der Waals surface area contributed by atoms with Crippen molar-refractivity contribution in [3.05, 3.63) is 63.1 Å². The number of hydrogen-bond donors (Lipinski definition) is 2. The first-order chi connectivity index (χ1) is 10.0. The van der Waals surface area contributed by atoms with Crippen LogP contribution in [0, 0.1) is 13.8 Å². The number of nitrogens with one attached hydrogen (secondary N) is 1. The molecule has 5 heteroatoms. The fraction of sp³-hybridized carbons (Fsp3) is 0.188. The SMILES string of the molecule is Cc1cc(OCc2cccc(C(=O)NN)c2)cc(C)c1Br. The van der Waals surface area contributed by atoms with Gasteiger partial charge in [-0.1, -0.05) is 28.1 Å². The summed E-state index contributed by atoms with van der Waals surface area (Å²) >= 11 is 3.53. The molecule has 2 rings (SSSR count). The lowest BCUT2D eigenvalue weighted by Crippen LogP contribution is -2.30. The average molecular weight is 349 g/mol. The molecule has 4 nitrogen and oxygen atoms in total. The lowest BCUT2D eigenvalue weighted by atomic mass is 10.1. The number of amides is 1. The van der Waals surface area contributed by atoms with Gasteiger partial charge in [0.15, 0.2) is 0 Å². The third-order valence-corrected chi connectivity index (χ3v) is 4.39. The highest BCUT2D eigenvalue weighted by Crippen LogP contribution is 2.26. The number of halogens is 1. The Hall–Kier alpha value is -1.85. The number of rotatable bonds is 4. The molecule has 0 aliphatic heterocycles. The molecule has 0 spiro atoms. The Bertz CT molecular complexity index is 648. The lowest BCUT2D eigenvalue weighted by molar-refractivity contribution is 0.0953. The predicted octanol–water partition coefficient (Wildman–Crippen LogP) is 3.25. The number of hydrogen-bond acceptors (Lipinski definition) is 3. The van der Waals surface area contributed by atoms with Crippen molar-refractivity contribution in [3.63, 3.8) is 0 Å². The summed E-state index contributed by atoms with van der Waals surface area (Å²) < 4.78 is 6.89. The van der Waals surface area contributed by atoms with Crippen LogP contribution in [-0.4, -0.2) is 5.91 Å². The van der Waals surface area contributed by atoms with Crippen LogP contribution in [0.15, 0.2) is 40.9 Å². The fourth-order valence-corrected chi connectivity index (χ4v) is 2.27. The second-order valence-electron chi connectivity index (χ2n) is 4.83. The molecule has 0 saturated carbocycles. The molecule has 0 bridgehead atoms. The summed E-state index contributed by atoms with van der Waals surface area (Å²) in [5, 5.41) is 0. The molecule has 0 atom stereocenters. The summed E-state index contributed by atoms with van der Waals surface area (Å²) in [6.45, 7) is 4.44. The van der Waals surface area contributed by atoms with Crippen LogP contribution in [0.25, 0.3) is 0 Å². The van der Waals surface area contributed by atoms with E-state index in [1.165, 1.54) is 0 Å². The second kappa shape index (κ2) is 6.74. The smallest absolute Gasteiger partial charge is 0.265 e. The normalized spacial score (nSPS) is 10.3. The van der Waals surface area contributed by atoms with E-state index in [4.69, 9.17) is 10.6 Å². The number of nitrogen functional groups attached to an aromatic ring is 1. The molecule has 0 heterocycles. The minimum atomic E-state index is -0.313. The van der Waals surface area contributed by atoms with Gasteiger partial charge >= 0.3 is 0 Å². The van der Waals surface area contributed by atoms with Gasteiger partial charge in [0.25, 0.3) is 5.91 Å². The van der Waals surface area contributed by atoms with Gasteiger partial charge < -0.3 is 4.74 Å². The van der Waals surface area contributed by atoms with Crippen molar-refractivity contribution in [1.82, 2.24) is 5.43 Å². The van der Waals surface area contributed by atoms with Crippen molar-refractivity contribution in [2.24, 2.45) is 5.84 Å². The minimum Gasteiger partial charge on any atom is -0.489 e. The minimum absolute atomic E-state index is 0.313. The molecule has 2 aromatic rings. The zero-order valence-corrected chi connectivity index (χ0v) is 13.5. The predicted molar refractivity (Wildman–Crippen MR) is 86.0 cm³/mol. The maximum atomic E-state index is 11.5. The second-order valence-corrected chi connectivity index (χ2v) is 5.63. The number of aryl methyl sites for hydroxylation is 2. The Labute approximate surface area is 132 Å². The highest BCUT2D eigenvalue weighted by molar-refractivity contribution is 9.10. The fourth-order valence-electron chi connectivity index (χ4n) is 2.04. The van der Waals surface area contributed by atoms with Gasteiger partial charge in [0.1, 0.15) is 12.4 Å². The summed E-state index contributed by atoms with van der Waals surface area (Å²) in [6, 6.07) is 11.1. The molecule has 0 unspecified atom stereocenters. The van der Waals surface area contributed by atoms with Crippen molar-refractivity contribution in [1.29, 1.82) is 0 Å². The van der Waals surface area contributed by atoms with Crippen molar-refractivity contribution in [2.45, 2.75) is 20.5 Å². The Morgan fingerprint density at radius 2 is 1.90 bits per heavy atom. The summed E-state index contributed by atoms with van der Waals surface area (Å²) in [5.74, 6) is 5.63. The Kier molecular flexibility index (Phi) is 4.98. The van der Waals surface area contributed by atoms with Crippen LogP contribution in [0.5, 0.6) is 5.75 Å². The van der Waals surface area contributed by atoms with Crippen molar-refractivity contribution in [2.75, 3.05) is 0 Å². The highest BCUT2D eigenvalue weighted by Gasteiger charge is 2.06. The van der Waals surface area contributed by atoms with Gasteiger partial charge in [0.05, 0.1) is 0 Å². The van der Waals surface area contributed by atoms with E-state index in [0.29, 0.717) is 12.2 Å². The number of carbonyl (C=O) groups is 1. The topological polar surface area (TPSA) is 64.3 Å². The summed E-state index contributed by atoms with van der Waals surface area (Å²) in [5.41, 5.74) is 5.80. The average Bonchev–Trinajstić information content (AvgIpc) is 2.50. The van der Waals surface area contributed by atoms with Gasteiger partial charge in [0, 0.05) is 10.0 Å². The number of ether oxygens (including phenoxy) is 1. The Morgan fingerprint density at radius 3 is 2.52 bits per heavy atom. The van der Waals surface area contributed by atoms with E-state index in [1.807, 2.05) is 32.0 Å². The molecule has 2 aromatic carbocycles. The summed E-state index contributed by atoms with van der Waals surface area (Å²) in [6.07, 6.45) is 0. The number of carbonyl (C=O) groups excluding carboxylic acids is 1. The largest absolute Gasteiger partial charge is 0.489 e. The van der Waals surface area contributed by atoms with E-state index in [-0.39, 0.29) is 5.91 Å². The van der Waals surface area contributed by atoms with Crippen molar-refractivity contribution >= 4 is 21.8 Å². The van der Waals surface area contributed by atoms with Crippen LogP contribution in [0.3, 0.4) is 0 Å². The van der Waals surface area contributed by atoms with E-state index < -0.39 is 0 Å². The number of nitrogens with two attached hydrogens (primary N) is 1. The maximum Gasteiger partial charge on any atom is 0.265 e. The highest BCUT2D eigenvalue weighted by atomic mass is 79.9. The molecule has 1 amide bonds. The molecular weight excluding hydrogens is 332 g/mol. The number of benzene rings is 2. The molecule has 21 heavy (non-hydrogen) atoms. The van der Waals surface area contributed by atoms with E-state index in [9.17, 15) is 4.79 Å². The maximum absolute atomic E-state index is 11.5. The van der Waals surface area contributed by atoms with Crippen LogP contribution < -0.4 is 16.0 Å². The van der Waals surface area contributed by atoms with Crippen LogP contribution in [0.2, 0.25) is 0 Å². The van der Waals surface area contributed by atoms with E-state index in [0.717, 1.165) is 26.9 Å². The van der Waals surface area contributed by atoms with Crippen LogP contribution >= 0.6 is 15.9 Å². The first kappa shape index (κ1) is 15.5. The summed E-state index contributed by atoms with van der Waals surface area (Å²) in [7, 11) is 0. The van der Waals surface area contributed by atoms with Crippen LogP contribution in [-0.2, 0) is 6.61 Å². The molecule has 0 saturated heterocycles. The van der Waals surface area contributed by atoms with Crippen LogP contribution in [0.4, 0.5) is 0 Å². The molecule has 0 aliphatic rings. The number of hydrazine groups is 1. The van der Waals surface area contributed by atoms with Gasteiger partial charge in [-0.05, 0) is 54.8 Å². The quantitative estimate of drug-likeness (QED) is 0.506. The lowest BCUT2D eigenvalue weighted by Gasteiger charge is -2.11. The molecule has 0 aromatic heterocycles. The van der Waals surface area contributed by atoms with Crippen LogP contribution in [0.1, 0.15) is 27.0 Å². The van der Waals surface area contributed by atoms with Gasteiger partial charge in [-0.15, -0.1) is 0 Å². The zero-order valence-electron chi connectivity index (χ0n) is 11.9. The zero-order chi connectivity index (χ0) is 15.4. The van der Waals surface area contributed by atoms with Crippen molar-refractivity contribution in [3.8, 4) is 5.75 Å². The Balaban J connectivity index is 2.11. The monoisotopic (exact) mass is 348 g/mol. The van der Waals surface area contributed by atoms with Gasteiger partial charge in [-0.25, -0.2) is 5.84 Å². The van der Waals surface area contributed by atoms with Gasteiger partial charge in [-0.2, -0.15) is 0 Å². The third-order valence-electron chi connectivity index (χ3n) is 3.14. The molecule has 0 aliphatic carbocycles. The van der Waals surface area contributed by atoms with E-state index >= 15 is 0 Å². The molecule has 0 fully saturated rings. The first-order valence-electron chi connectivity index (χ1n) is 6.50. The molecule has 3 N–H and O–H groups in total. The van der Waals surface area contributed by atoms with Gasteiger partial charge in [-0.3, -0.25) is 10.2 Å². The molecule has 0 radical (unpaired) electrons. The molecule has 110 valence electrons.